The van der Waals surface area contributed by atoms with Gasteiger partial charge in [0, 0.05) is 12.4 Å². The van der Waals surface area contributed by atoms with Crippen LogP contribution in [0.3, 0.4) is 0 Å². The molecule has 0 aliphatic carbocycles. The van der Waals surface area contributed by atoms with Crippen LogP contribution >= 0.6 is 18.2 Å². The van der Waals surface area contributed by atoms with E-state index in [0.717, 1.165) is 17.5 Å². The Balaban J connectivity index is 2.43. The Kier molecular flexibility index (Phi) is 4.03. The fourth-order valence-electron chi connectivity index (χ4n) is 0.855. The SMILES string of the molecule is CCOP(C)(=S)NC1=NCCS1. The maximum Gasteiger partial charge on any atom is 0.162 e. The van der Waals surface area contributed by atoms with Crippen LogP contribution in [0.25, 0.3) is 0 Å². The molecular weight excluding hydrogens is 211 g/mol. The summed E-state index contributed by atoms with van der Waals surface area (Å²) in [5.41, 5.74) is 0. The second kappa shape index (κ2) is 4.61. The highest BCUT2D eigenvalue weighted by molar-refractivity contribution is 8.16. The Labute approximate surface area is 82.5 Å². The van der Waals surface area contributed by atoms with Gasteiger partial charge in [0.05, 0.1) is 13.2 Å². The molecule has 0 aromatic heterocycles. The number of nitrogens with zero attached hydrogens (tertiary/aromatic N) is 1. The van der Waals surface area contributed by atoms with E-state index in [0.29, 0.717) is 6.61 Å². The highest BCUT2D eigenvalue weighted by Crippen LogP contribution is 2.38. The lowest BCUT2D eigenvalue weighted by atomic mass is 10.8. The summed E-state index contributed by atoms with van der Waals surface area (Å²) < 4.78 is 5.41. The second-order valence-corrected chi connectivity index (χ2v) is 7.76. The van der Waals surface area contributed by atoms with E-state index in [1.54, 1.807) is 11.8 Å². The van der Waals surface area contributed by atoms with E-state index < -0.39 is 6.42 Å². The van der Waals surface area contributed by atoms with Crippen LogP contribution in [0.2, 0.25) is 0 Å². The molecule has 0 bridgehead atoms. The van der Waals surface area contributed by atoms with Crippen LogP contribution in [-0.2, 0) is 16.3 Å². The predicted molar refractivity (Wildman–Crippen MR) is 59.7 cm³/mol. The van der Waals surface area contributed by atoms with Crippen molar-refractivity contribution in [2.75, 3.05) is 25.6 Å². The van der Waals surface area contributed by atoms with E-state index in [1.807, 2.05) is 13.6 Å². The maximum absolute atomic E-state index is 5.41. The zero-order valence-corrected chi connectivity index (χ0v) is 9.77. The van der Waals surface area contributed by atoms with E-state index in [-0.39, 0.29) is 0 Å². The van der Waals surface area contributed by atoms with Crippen LogP contribution in [0.4, 0.5) is 0 Å². The molecule has 1 aliphatic rings. The van der Waals surface area contributed by atoms with Crippen molar-refractivity contribution in [2.24, 2.45) is 4.99 Å². The molecule has 3 nitrogen and oxygen atoms in total. The standard InChI is InChI=1S/C6H13N2OPS2/c1-3-9-10(2,11)8-6-7-4-5-12-6/h3-5H2,1-2H3,(H,7,8,11). The lowest BCUT2D eigenvalue weighted by Crippen LogP contribution is -2.16. The number of rotatable bonds is 3. The Bertz CT molecular complexity index is 232. The highest BCUT2D eigenvalue weighted by Gasteiger charge is 2.14. The third-order valence-electron chi connectivity index (χ3n) is 1.26. The van der Waals surface area contributed by atoms with Crippen LogP contribution in [0.15, 0.2) is 4.99 Å². The normalized spacial score (nSPS) is 21.7. The van der Waals surface area contributed by atoms with Gasteiger partial charge < -0.3 is 9.61 Å². The highest BCUT2D eigenvalue weighted by atomic mass is 32.4. The van der Waals surface area contributed by atoms with Crippen molar-refractivity contribution >= 4 is 35.2 Å². The first-order chi connectivity index (χ1) is 5.64. The quantitative estimate of drug-likeness (QED) is 0.739. The molecule has 1 N–H and O–H groups in total. The molecule has 1 aliphatic heterocycles. The maximum atomic E-state index is 5.41. The van der Waals surface area contributed by atoms with Gasteiger partial charge in [-0.3, -0.25) is 4.99 Å². The molecule has 0 saturated heterocycles. The minimum Gasteiger partial charge on any atom is -0.334 e. The van der Waals surface area contributed by atoms with Crippen LogP contribution in [0.5, 0.6) is 0 Å². The summed E-state index contributed by atoms with van der Waals surface area (Å²) in [6, 6.07) is 0. The Morgan fingerprint density at radius 3 is 3.08 bits per heavy atom. The van der Waals surface area contributed by atoms with Crippen LogP contribution in [0.1, 0.15) is 6.92 Å². The van der Waals surface area contributed by atoms with Crippen molar-refractivity contribution in [1.29, 1.82) is 0 Å². The molecule has 0 fully saturated rings. The zero-order valence-electron chi connectivity index (χ0n) is 7.24. The molecule has 6 heteroatoms. The monoisotopic (exact) mass is 224 g/mol. The van der Waals surface area contributed by atoms with E-state index in [4.69, 9.17) is 16.3 Å². The van der Waals surface area contributed by atoms with Crippen molar-refractivity contribution < 1.29 is 4.52 Å². The summed E-state index contributed by atoms with van der Waals surface area (Å²) in [5, 5.41) is 4.13. The lowest BCUT2D eigenvalue weighted by Gasteiger charge is -2.18. The topological polar surface area (TPSA) is 33.6 Å². The summed E-state index contributed by atoms with van der Waals surface area (Å²) in [5.74, 6) is 1.06. The van der Waals surface area contributed by atoms with Crippen LogP contribution in [0, 0.1) is 0 Å². The summed E-state index contributed by atoms with van der Waals surface area (Å²) in [6.45, 7) is 5.45. The van der Waals surface area contributed by atoms with E-state index in [9.17, 15) is 0 Å². The van der Waals surface area contributed by atoms with E-state index >= 15 is 0 Å². The van der Waals surface area contributed by atoms with Gasteiger partial charge in [0.15, 0.2) is 11.6 Å². The van der Waals surface area contributed by atoms with Gasteiger partial charge in [0.25, 0.3) is 0 Å². The van der Waals surface area contributed by atoms with Crippen LogP contribution in [-0.4, -0.2) is 30.7 Å². The number of hydrogen-bond acceptors (Lipinski definition) is 4. The number of nitrogens with one attached hydrogen (secondary N) is 1. The second-order valence-electron chi connectivity index (χ2n) is 2.41. The number of amidine groups is 1. The van der Waals surface area contributed by atoms with Crippen molar-refractivity contribution in [2.45, 2.75) is 6.92 Å². The van der Waals surface area contributed by atoms with Gasteiger partial charge in [-0.15, -0.1) is 0 Å². The molecular formula is C6H13N2OPS2. The Morgan fingerprint density at radius 2 is 2.58 bits per heavy atom. The van der Waals surface area contributed by atoms with E-state index in [1.165, 1.54) is 0 Å². The minimum absolute atomic E-state index is 0.665. The van der Waals surface area contributed by atoms with Gasteiger partial charge in [0.2, 0.25) is 0 Å². The Hall–Kier alpha value is 0.430. The molecule has 0 spiro atoms. The molecule has 1 unspecified atom stereocenters. The van der Waals surface area contributed by atoms with E-state index in [2.05, 4.69) is 10.1 Å². The molecule has 1 heterocycles. The third kappa shape index (κ3) is 3.44. The summed E-state index contributed by atoms with van der Waals surface area (Å²) in [6.07, 6.45) is -1.81. The summed E-state index contributed by atoms with van der Waals surface area (Å²) >= 11 is 6.98. The molecule has 0 aromatic rings. The lowest BCUT2D eigenvalue weighted by molar-refractivity contribution is 0.376. The van der Waals surface area contributed by atoms with Crippen molar-refractivity contribution in [3.8, 4) is 0 Å². The molecule has 12 heavy (non-hydrogen) atoms. The third-order valence-corrected chi connectivity index (χ3v) is 4.26. The number of aliphatic imine (C=N–C) groups is 1. The van der Waals surface area contributed by atoms with Gasteiger partial charge in [0.1, 0.15) is 0 Å². The van der Waals surface area contributed by atoms with Crippen LogP contribution < -0.4 is 5.09 Å². The summed E-state index contributed by atoms with van der Waals surface area (Å²) in [7, 11) is 0. The van der Waals surface area contributed by atoms with Crippen molar-refractivity contribution in [3.05, 3.63) is 0 Å². The largest absolute Gasteiger partial charge is 0.334 e. The van der Waals surface area contributed by atoms with Gasteiger partial charge in [-0.05, 0) is 18.7 Å². The van der Waals surface area contributed by atoms with Gasteiger partial charge in [-0.25, -0.2) is 0 Å². The molecule has 70 valence electrons. The summed E-state index contributed by atoms with van der Waals surface area (Å²) in [4.78, 5) is 4.25. The fourth-order valence-corrected chi connectivity index (χ4v) is 3.92. The molecule has 0 radical (unpaired) electrons. The van der Waals surface area contributed by atoms with Gasteiger partial charge in [-0.2, -0.15) is 0 Å². The minimum atomic E-state index is -1.81. The molecule has 0 amide bonds. The van der Waals surface area contributed by atoms with Gasteiger partial charge >= 0.3 is 0 Å². The van der Waals surface area contributed by atoms with Crippen molar-refractivity contribution in [1.82, 2.24) is 5.09 Å². The molecule has 0 aromatic carbocycles. The first-order valence-electron chi connectivity index (χ1n) is 3.81. The first kappa shape index (κ1) is 10.5. The molecule has 1 rings (SSSR count). The number of hydrogen-bond donors (Lipinski definition) is 1. The fraction of sp³-hybridized carbons (Fsp3) is 0.833. The smallest absolute Gasteiger partial charge is 0.162 e. The Morgan fingerprint density at radius 1 is 1.83 bits per heavy atom. The first-order valence-corrected chi connectivity index (χ1v) is 7.97. The van der Waals surface area contributed by atoms with Gasteiger partial charge in [-0.1, -0.05) is 11.8 Å². The average molecular weight is 224 g/mol. The number of thioether (sulfide) groups is 1. The predicted octanol–water partition coefficient (Wildman–Crippen LogP) is 1.65. The van der Waals surface area contributed by atoms with Crippen molar-refractivity contribution in [3.63, 3.8) is 0 Å². The molecule has 1 atom stereocenters. The average Bonchev–Trinajstić information content (AvgIpc) is 2.38. The zero-order chi connectivity index (χ0) is 9.03. The molecule has 0 saturated carbocycles.